The molecule has 2 nitrogen and oxygen atoms in total. The van der Waals surface area contributed by atoms with Crippen molar-refractivity contribution in [2.75, 3.05) is 18.0 Å². The Labute approximate surface area is 84.5 Å². The minimum absolute atomic E-state index is 0.228. The number of hydrogen-bond donors (Lipinski definition) is 0. The fourth-order valence-corrected chi connectivity index (χ4v) is 1.73. The minimum Gasteiger partial charge on any atom is -0.371 e. The van der Waals surface area contributed by atoms with Crippen LogP contribution in [0.4, 0.5) is 5.69 Å². The predicted molar refractivity (Wildman–Crippen MR) is 57.7 cm³/mol. The Morgan fingerprint density at radius 2 is 2.21 bits per heavy atom. The Hall–Kier alpha value is -1.31. The van der Waals surface area contributed by atoms with Gasteiger partial charge in [0.05, 0.1) is 0 Å². The molecule has 1 heterocycles. The van der Waals surface area contributed by atoms with Crippen molar-refractivity contribution in [3.8, 4) is 0 Å². The van der Waals surface area contributed by atoms with Crippen LogP contribution in [0.15, 0.2) is 24.3 Å². The lowest BCUT2D eigenvalue weighted by Crippen LogP contribution is -2.36. The quantitative estimate of drug-likeness (QED) is 0.725. The van der Waals surface area contributed by atoms with Gasteiger partial charge in [0.2, 0.25) is 0 Å². The van der Waals surface area contributed by atoms with Gasteiger partial charge in [-0.05, 0) is 31.0 Å². The van der Waals surface area contributed by atoms with Gasteiger partial charge in [-0.15, -0.1) is 0 Å². The number of carbonyl (C=O) groups excluding carboxylic acids is 1. The van der Waals surface area contributed by atoms with Gasteiger partial charge in [0.25, 0.3) is 0 Å². The van der Waals surface area contributed by atoms with E-state index < -0.39 is 0 Å². The highest BCUT2D eigenvalue weighted by Gasteiger charge is 2.14. The molecule has 0 radical (unpaired) electrons. The lowest BCUT2D eigenvalue weighted by atomic mass is 10.1. The maximum absolute atomic E-state index is 11.0. The molecule has 74 valence electrons. The van der Waals surface area contributed by atoms with Crippen LogP contribution >= 0.6 is 0 Å². The van der Waals surface area contributed by atoms with Crippen molar-refractivity contribution in [3.05, 3.63) is 29.8 Å². The molecule has 1 aromatic rings. The molecule has 1 fully saturated rings. The van der Waals surface area contributed by atoms with Crippen LogP contribution in [0.3, 0.4) is 0 Å². The highest BCUT2D eigenvalue weighted by molar-refractivity contribution is 5.78. The fraction of sp³-hybridized carbons (Fsp3) is 0.417. The van der Waals surface area contributed by atoms with E-state index in [1.165, 1.54) is 12.1 Å². The zero-order valence-electron chi connectivity index (χ0n) is 8.49. The first-order valence-electron chi connectivity index (χ1n) is 5.09. The third kappa shape index (κ3) is 1.95. The van der Waals surface area contributed by atoms with Crippen LogP contribution in [0, 0.1) is 0 Å². The highest BCUT2D eigenvalue weighted by Crippen LogP contribution is 2.21. The monoisotopic (exact) mass is 189 g/mol. The molecule has 14 heavy (non-hydrogen) atoms. The molecular formula is C12H15NO. The standard InChI is InChI=1S/C12H15NO/c1-10(14)8-11-4-2-5-12(9-11)13-6-3-7-13/h2,4-5,9H,3,6-8H2,1H3. The topological polar surface area (TPSA) is 20.3 Å². The molecule has 0 aromatic heterocycles. The Morgan fingerprint density at radius 3 is 2.79 bits per heavy atom. The second-order valence-corrected chi connectivity index (χ2v) is 3.89. The molecular weight excluding hydrogens is 174 g/mol. The van der Waals surface area contributed by atoms with E-state index >= 15 is 0 Å². The van der Waals surface area contributed by atoms with Crippen molar-refractivity contribution in [3.63, 3.8) is 0 Å². The zero-order valence-corrected chi connectivity index (χ0v) is 8.49. The Balaban J connectivity index is 2.13. The average molecular weight is 189 g/mol. The van der Waals surface area contributed by atoms with Gasteiger partial charge in [-0.3, -0.25) is 4.79 Å². The van der Waals surface area contributed by atoms with E-state index in [9.17, 15) is 4.79 Å². The van der Waals surface area contributed by atoms with E-state index in [0.717, 1.165) is 18.7 Å². The summed E-state index contributed by atoms with van der Waals surface area (Å²) in [6, 6.07) is 8.29. The summed E-state index contributed by atoms with van der Waals surface area (Å²) >= 11 is 0. The van der Waals surface area contributed by atoms with Crippen molar-refractivity contribution >= 4 is 11.5 Å². The third-order valence-corrected chi connectivity index (χ3v) is 2.58. The van der Waals surface area contributed by atoms with E-state index in [1.807, 2.05) is 12.1 Å². The van der Waals surface area contributed by atoms with Gasteiger partial charge in [0.1, 0.15) is 5.78 Å². The molecule has 0 aliphatic carbocycles. The third-order valence-electron chi connectivity index (χ3n) is 2.58. The van der Waals surface area contributed by atoms with Crippen LogP contribution in [-0.2, 0) is 11.2 Å². The molecule has 0 saturated carbocycles. The molecule has 0 atom stereocenters. The number of hydrogen-bond acceptors (Lipinski definition) is 2. The van der Waals surface area contributed by atoms with Gasteiger partial charge in [0, 0.05) is 25.2 Å². The Bertz CT molecular complexity index is 342. The number of carbonyl (C=O) groups is 1. The maximum Gasteiger partial charge on any atom is 0.134 e. The van der Waals surface area contributed by atoms with Crippen LogP contribution < -0.4 is 4.90 Å². The first-order valence-corrected chi connectivity index (χ1v) is 5.09. The van der Waals surface area contributed by atoms with Crippen molar-refractivity contribution in [2.45, 2.75) is 19.8 Å². The molecule has 0 spiro atoms. The van der Waals surface area contributed by atoms with Crippen LogP contribution in [0.2, 0.25) is 0 Å². The van der Waals surface area contributed by atoms with Crippen LogP contribution in [0.25, 0.3) is 0 Å². The molecule has 0 N–H and O–H groups in total. The van der Waals surface area contributed by atoms with E-state index in [-0.39, 0.29) is 5.78 Å². The first kappa shape index (κ1) is 9.25. The van der Waals surface area contributed by atoms with E-state index in [1.54, 1.807) is 6.92 Å². The summed E-state index contributed by atoms with van der Waals surface area (Å²) in [5.41, 5.74) is 2.39. The summed E-state index contributed by atoms with van der Waals surface area (Å²) in [6.07, 6.45) is 1.85. The number of benzene rings is 1. The second kappa shape index (κ2) is 3.82. The number of Topliss-reactive ketones (excluding diaryl/α,β-unsaturated/α-hetero) is 1. The number of rotatable bonds is 3. The van der Waals surface area contributed by atoms with Crippen LogP contribution in [0.1, 0.15) is 18.9 Å². The Kier molecular flexibility index (Phi) is 2.53. The van der Waals surface area contributed by atoms with Crippen molar-refractivity contribution in [1.29, 1.82) is 0 Å². The van der Waals surface area contributed by atoms with Crippen molar-refractivity contribution in [1.82, 2.24) is 0 Å². The summed E-state index contributed by atoms with van der Waals surface area (Å²) in [5.74, 6) is 0.228. The molecule has 1 aliphatic heterocycles. The first-order chi connectivity index (χ1) is 6.75. The van der Waals surface area contributed by atoms with Crippen LogP contribution in [-0.4, -0.2) is 18.9 Å². The maximum atomic E-state index is 11.0. The summed E-state index contributed by atoms with van der Waals surface area (Å²) in [6.45, 7) is 3.95. The number of anilines is 1. The van der Waals surface area contributed by atoms with E-state index in [4.69, 9.17) is 0 Å². The van der Waals surface area contributed by atoms with Gasteiger partial charge < -0.3 is 4.90 Å². The summed E-state index contributed by atoms with van der Waals surface area (Å²) in [4.78, 5) is 13.3. The molecule has 2 heteroatoms. The second-order valence-electron chi connectivity index (χ2n) is 3.89. The molecule has 2 rings (SSSR count). The number of nitrogens with zero attached hydrogens (tertiary/aromatic N) is 1. The zero-order chi connectivity index (χ0) is 9.97. The molecule has 1 aliphatic rings. The van der Waals surface area contributed by atoms with Crippen LogP contribution in [0.5, 0.6) is 0 Å². The fourth-order valence-electron chi connectivity index (χ4n) is 1.73. The highest BCUT2D eigenvalue weighted by atomic mass is 16.1. The molecule has 0 amide bonds. The van der Waals surface area contributed by atoms with E-state index in [2.05, 4.69) is 17.0 Å². The molecule has 0 bridgehead atoms. The lowest BCUT2D eigenvalue weighted by molar-refractivity contribution is -0.116. The molecule has 0 unspecified atom stereocenters. The SMILES string of the molecule is CC(=O)Cc1cccc(N2CCC2)c1. The lowest BCUT2D eigenvalue weighted by Gasteiger charge is -2.33. The molecule has 1 saturated heterocycles. The number of ketones is 1. The average Bonchev–Trinajstić information content (AvgIpc) is 1.99. The van der Waals surface area contributed by atoms with Gasteiger partial charge >= 0.3 is 0 Å². The van der Waals surface area contributed by atoms with Gasteiger partial charge in [0.15, 0.2) is 0 Å². The van der Waals surface area contributed by atoms with Gasteiger partial charge in [-0.1, -0.05) is 12.1 Å². The Morgan fingerprint density at radius 1 is 1.43 bits per heavy atom. The van der Waals surface area contributed by atoms with Crippen molar-refractivity contribution in [2.24, 2.45) is 0 Å². The van der Waals surface area contributed by atoms with Crippen molar-refractivity contribution < 1.29 is 4.79 Å². The largest absolute Gasteiger partial charge is 0.371 e. The smallest absolute Gasteiger partial charge is 0.134 e. The predicted octanol–water partition coefficient (Wildman–Crippen LogP) is 2.03. The normalized spacial score (nSPS) is 15.1. The van der Waals surface area contributed by atoms with Gasteiger partial charge in [-0.25, -0.2) is 0 Å². The summed E-state index contributed by atoms with van der Waals surface area (Å²) < 4.78 is 0. The van der Waals surface area contributed by atoms with Gasteiger partial charge in [-0.2, -0.15) is 0 Å². The minimum atomic E-state index is 0.228. The summed E-state index contributed by atoms with van der Waals surface area (Å²) in [7, 11) is 0. The van der Waals surface area contributed by atoms with E-state index in [0.29, 0.717) is 6.42 Å². The summed E-state index contributed by atoms with van der Waals surface area (Å²) in [5, 5.41) is 0. The molecule has 1 aromatic carbocycles.